The number of amides is 1. The van der Waals surface area contributed by atoms with Gasteiger partial charge in [-0.25, -0.2) is 4.98 Å². The van der Waals surface area contributed by atoms with Crippen LogP contribution in [0, 0.1) is 0 Å². The highest BCUT2D eigenvalue weighted by Crippen LogP contribution is 2.21. The van der Waals surface area contributed by atoms with Crippen molar-refractivity contribution in [3.63, 3.8) is 0 Å². The maximum absolute atomic E-state index is 11.6. The monoisotopic (exact) mass is 268 g/mol. The first-order valence-electron chi connectivity index (χ1n) is 5.89. The van der Waals surface area contributed by atoms with Crippen molar-refractivity contribution in [2.24, 2.45) is 0 Å². The molecule has 2 heterocycles. The van der Waals surface area contributed by atoms with E-state index in [1.165, 1.54) is 6.20 Å². The van der Waals surface area contributed by atoms with Crippen LogP contribution in [0.3, 0.4) is 0 Å². The lowest BCUT2D eigenvalue weighted by molar-refractivity contribution is 0.0944. The summed E-state index contributed by atoms with van der Waals surface area (Å²) in [4.78, 5) is 15.7. The van der Waals surface area contributed by atoms with E-state index in [1.54, 1.807) is 12.1 Å². The average molecular weight is 268 g/mol. The maximum Gasteiger partial charge on any atom is 0.252 e. The van der Waals surface area contributed by atoms with Crippen LogP contribution in [0.5, 0.6) is 5.88 Å². The lowest BCUT2D eigenvalue weighted by Gasteiger charge is -2.11. The first-order valence-corrected chi connectivity index (χ1v) is 7.04. The number of hydrogen-bond acceptors (Lipinski definition) is 5. The van der Waals surface area contributed by atoms with Gasteiger partial charge in [0.15, 0.2) is 0 Å². The molecule has 0 radical (unpaired) electrons. The van der Waals surface area contributed by atoms with Crippen LogP contribution < -0.4 is 10.1 Å². The summed E-state index contributed by atoms with van der Waals surface area (Å²) in [7, 11) is 0. The summed E-state index contributed by atoms with van der Waals surface area (Å²) in [5, 5.41) is 11.2. The molecule has 1 atom stereocenters. The van der Waals surface area contributed by atoms with E-state index < -0.39 is 0 Å². The van der Waals surface area contributed by atoms with E-state index in [9.17, 15) is 4.79 Å². The highest BCUT2D eigenvalue weighted by atomic mass is 32.2. The number of hydrogen-bond donors (Lipinski definition) is 2. The van der Waals surface area contributed by atoms with Crippen LogP contribution in [0.25, 0.3) is 0 Å². The number of thioether (sulfide) groups is 1. The van der Waals surface area contributed by atoms with Crippen molar-refractivity contribution in [3.8, 4) is 5.88 Å². The molecule has 1 fully saturated rings. The predicted octanol–water partition coefficient (Wildman–Crippen LogP) is 0.688. The van der Waals surface area contributed by atoms with Gasteiger partial charge in [0.05, 0.1) is 12.2 Å². The molecule has 0 bridgehead atoms. The summed E-state index contributed by atoms with van der Waals surface area (Å²) < 4.78 is 5.69. The molecule has 1 aromatic rings. The second-order valence-electron chi connectivity index (χ2n) is 3.97. The molecule has 1 unspecified atom stereocenters. The summed E-state index contributed by atoms with van der Waals surface area (Å²) in [5.41, 5.74) is 0.469. The fourth-order valence-electron chi connectivity index (χ4n) is 1.63. The fraction of sp³-hybridized carbons (Fsp3) is 0.500. The molecule has 2 N–H and O–H groups in total. The molecule has 1 amide bonds. The van der Waals surface area contributed by atoms with E-state index >= 15 is 0 Å². The van der Waals surface area contributed by atoms with Gasteiger partial charge in [-0.15, -0.1) is 0 Å². The molecule has 2 rings (SSSR count). The Morgan fingerprint density at radius 3 is 3.11 bits per heavy atom. The smallest absolute Gasteiger partial charge is 0.252 e. The number of rotatable bonds is 5. The number of carbonyl (C=O) groups is 1. The number of aromatic nitrogens is 1. The van der Waals surface area contributed by atoms with Crippen LogP contribution in [0.1, 0.15) is 16.8 Å². The Morgan fingerprint density at radius 1 is 1.61 bits per heavy atom. The van der Waals surface area contributed by atoms with Gasteiger partial charge in [-0.1, -0.05) is 0 Å². The van der Waals surface area contributed by atoms with Crippen LogP contribution in [-0.2, 0) is 0 Å². The molecule has 6 heteroatoms. The quantitative estimate of drug-likeness (QED) is 0.822. The van der Waals surface area contributed by atoms with Crippen molar-refractivity contribution >= 4 is 17.7 Å². The summed E-state index contributed by atoms with van der Waals surface area (Å²) in [6, 6.07) is 3.38. The van der Waals surface area contributed by atoms with Gasteiger partial charge >= 0.3 is 0 Å². The van der Waals surface area contributed by atoms with E-state index in [1.807, 2.05) is 11.8 Å². The minimum atomic E-state index is -0.237. The molecule has 0 spiro atoms. The highest BCUT2D eigenvalue weighted by molar-refractivity contribution is 7.99. The van der Waals surface area contributed by atoms with E-state index in [-0.39, 0.29) is 25.2 Å². The van der Waals surface area contributed by atoms with Gasteiger partial charge in [-0.2, -0.15) is 11.8 Å². The number of aliphatic hydroxyl groups is 1. The van der Waals surface area contributed by atoms with Gasteiger partial charge in [0.1, 0.15) is 6.10 Å². The Bertz CT molecular complexity index is 391. The first-order chi connectivity index (χ1) is 8.79. The number of carbonyl (C=O) groups excluding carboxylic acids is 1. The van der Waals surface area contributed by atoms with Crippen LogP contribution in [-0.4, -0.2) is 46.8 Å². The van der Waals surface area contributed by atoms with Gasteiger partial charge < -0.3 is 15.2 Å². The molecule has 1 aromatic heterocycles. The lowest BCUT2D eigenvalue weighted by Crippen LogP contribution is -2.26. The van der Waals surface area contributed by atoms with Gasteiger partial charge in [0, 0.05) is 24.6 Å². The molecular weight excluding hydrogens is 252 g/mol. The zero-order valence-electron chi connectivity index (χ0n) is 9.96. The number of nitrogens with one attached hydrogen (secondary N) is 1. The van der Waals surface area contributed by atoms with Crippen molar-refractivity contribution in [2.45, 2.75) is 12.5 Å². The van der Waals surface area contributed by atoms with Gasteiger partial charge in [-0.05, 0) is 18.2 Å². The normalized spacial score (nSPS) is 18.6. The highest BCUT2D eigenvalue weighted by Gasteiger charge is 2.17. The summed E-state index contributed by atoms with van der Waals surface area (Å²) >= 11 is 1.88. The SMILES string of the molecule is O=C(NCCO)c1ccc(OC2CCSC2)nc1. The molecule has 1 aliphatic rings. The largest absolute Gasteiger partial charge is 0.473 e. The van der Waals surface area contributed by atoms with Crippen LogP contribution in [0.2, 0.25) is 0 Å². The second kappa shape index (κ2) is 6.61. The predicted molar refractivity (Wildman–Crippen MR) is 70.0 cm³/mol. The van der Waals surface area contributed by atoms with Crippen molar-refractivity contribution < 1.29 is 14.6 Å². The molecule has 18 heavy (non-hydrogen) atoms. The molecule has 98 valence electrons. The summed E-state index contributed by atoms with van der Waals surface area (Å²) in [6.45, 7) is 0.177. The zero-order valence-corrected chi connectivity index (χ0v) is 10.8. The van der Waals surface area contributed by atoms with E-state index in [4.69, 9.17) is 9.84 Å². The molecule has 0 aromatic carbocycles. The number of nitrogens with zero attached hydrogens (tertiary/aromatic N) is 1. The summed E-state index contributed by atoms with van der Waals surface area (Å²) in [6.07, 6.45) is 2.77. The van der Waals surface area contributed by atoms with E-state index in [0.717, 1.165) is 17.9 Å². The molecule has 5 nitrogen and oxygen atoms in total. The third kappa shape index (κ3) is 3.61. The van der Waals surface area contributed by atoms with Crippen LogP contribution in [0.4, 0.5) is 0 Å². The second-order valence-corrected chi connectivity index (χ2v) is 5.12. The third-order valence-electron chi connectivity index (χ3n) is 2.57. The van der Waals surface area contributed by atoms with Crippen molar-refractivity contribution in [1.29, 1.82) is 0 Å². The average Bonchev–Trinajstić information content (AvgIpc) is 2.89. The van der Waals surface area contributed by atoms with Crippen molar-refractivity contribution in [2.75, 3.05) is 24.7 Å². The molecule has 1 saturated heterocycles. The molecule has 0 aliphatic carbocycles. The number of pyridine rings is 1. The maximum atomic E-state index is 11.6. The Balaban J connectivity index is 1.90. The topological polar surface area (TPSA) is 71.5 Å². The van der Waals surface area contributed by atoms with E-state index in [0.29, 0.717) is 11.4 Å². The van der Waals surface area contributed by atoms with Crippen molar-refractivity contribution in [1.82, 2.24) is 10.3 Å². The van der Waals surface area contributed by atoms with Crippen molar-refractivity contribution in [3.05, 3.63) is 23.9 Å². The van der Waals surface area contributed by atoms with Gasteiger partial charge in [0.25, 0.3) is 5.91 Å². The number of aliphatic hydroxyl groups excluding tert-OH is 1. The molecule has 1 aliphatic heterocycles. The fourth-order valence-corrected chi connectivity index (χ4v) is 2.73. The van der Waals surface area contributed by atoms with Gasteiger partial charge in [-0.3, -0.25) is 4.79 Å². The molecule has 0 saturated carbocycles. The Hall–Kier alpha value is -1.27. The minimum Gasteiger partial charge on any atom is -0.473 e. The van der Waals surface area contributed by atoms with Crippen LogP contribution in [0.15, 0.2) is 18.3 Å². The minimum absolute atomic E-state index is 0.0697. The Morgan fingerprint density at radius 2 is 2.50 bits per heavy atom. The molecular formula is C12H16N2O3S. The van der Waals surface area contributed by atoms with Crippen LogP contribution >= 0.6 is 11.8 Å². The Labute approximate surface area is 110 Å². The van der Waals surface area contributed by atoms with E-state index in [2.05, 4.69) is 10.3 Å². The lowest BCUT2D eigenvalue weighted by atomic mass is 10.2. The standard InChI is InChI=1S/C12H16N2O3S/c15-5-4-13-12(16)9-1-2-11(14-7-9)17-10-3-6-18-8-10/h1-2,7,10,15H,3-6,8H2,(H,13,16). The Kier molecular flexibility index (Phi) is 4.83. The summed E-state index contributed by atoms with van der Waals surface area (Å²) in [5.74, 6) is 2.45. The third-order valence-corrected chi connectivity index (χ3v) is 3.70. The zero-order chi connectivity index (χ0) is 12.8. The first kappa shape index (κ1) is 13.2. The number of ether oxygens (including phenoxy) is 1. The van der Waals surface area contributed by atoms with Gasteiger partial charge in [0.2, 0.25) is 5.88 Å².